The lowest BCUT2D eigenvalue weighted by molar-refractivity contribution is -0.115. The summed E-state index contributed by atoms with van der Waals surface area (Å²) in [5, 5.41) is 2.76. The second-order valence-corrected chi connectivity index (χ2v) is 3.14. The lowest BCUT2D eigenvalue weighted by Gasteiger charge is -1.93. The number of carbonyl (C=O) groups excluding carboxylic acids is 1. The zero-order valence-corrected chi connectivity index (χ0v) is 8.10. The molecular weight excluding hydrogens is 190 g/mol. The van der Waals surface area contributed by atoms with Crippen LogP contribution < -0.4 is 5.32 Å². The van der Waals surface area contributed by atoms with Gasteiger partial charge in [0.15, 0.2) is 0 Å². The Kier molecular flexibility index (Phi) is 2.78. The molecule has 4 heteroatoms. The molecule has 0 aliphatic carbocycles. The third-order valence-electron chi connectivity index (χ3n) is 2.05. The number of aromatic amines is 1. The van der Waals surface area contributed by atoms with Crippen LogP contribution in [0, 0.1) is 0 Å². The van der Waals surface area contributed by atoms with Crippen molar-refractivity contribution in [2.24, 2.45) is 0 Å². The first kappa shape index (κ1) is 9.45. The average Bonchev–Trinajstić information content (AvgIpc) is 2.87. The van der Waals surface area contributed by atoms with Crippen molar-refractivity contribution < 1.29 is 4.79 Å². The van der Waals surface area contributed by atoms with Crippen LogP contribution >= 0.6 is 0 Å². The van der Waals surface area contributed by atoms with Gasteiger partial charge in [-0.25, -0.2) is 4.98 Å². The predicted molar refractivity (Wildman–Crippen MR) is 57.4 cm³/mol. The van der Waals surface area contributed by atoms with E-state index in [-0.39, 0.29) is 5.91 Å². The minimum atomic E-state index is 0.0983. The molecule has 0 bridgehead atoms. The molecule has 2 heterocycles. The Bertz CT molecular complexity index is 393. The van der Waals surface area contributed by atoms with Gasteiger partial charge in [-0.15, -0.1) is 0 Å². The fourth-order valence-electron chi connectivity index (χ4n) is 1.38. The van der Waals surface area contributed by atoms with E-state index >= 15 is 0 Å². The monoisotopic (exact) mass is 201 g/mol. The first-order chi connectivity index (χ1) is 7.36. The molecule has 0 saturated heterocycles. The Morgan fingerprint density at radius 1 is 1.27 bits per heavy atom. The van der Waals surface area contributed by atoms with Crippen LogP contribution in [-0.2, 0) is 11.2 Å². The molecule has 15 heavy (non-hydrogen) atoms. The molecule has 1 aromatic heterocycles. The number of carbonyl (C=O) groups is 1. The number of amides is 1. The Morgan fingerprint density at radius 3 is 2.73 bits per heavy atom. The van der Waals surface area contributed by atoms with Gasteiger partial charge in [-0.1, -0.05) is 18.2 Å². The van der Waals surface area contributed by atoms with Crippen LogP contribution in [0.5, 0.6) is 0 Å². The third-order valence-corrected chi connectivity index (χ3v) is 2.05. The van der Waals surface area contributed by atoms with Crippen molar-refractivity contribution in [1.29, 1.82) is 0 Å². The summed E-state index contributed by atoms with van der Waals surface area (Å²) in [5.41, 5.74) is 2.07. The lowest BCUT2D eigenvalue weighted by atomic mass is 10.2. The molecule has 0 radical (unpaired) electrons. The number of para-hydroxylation sites is 1. The van der Waals surface area contributed by atoms with E-state index in [1.165, 1.54) is 0 Å². The molecule has 1 aliphatic heterocycles. The maximum absolute atomic E-state index is 10.8. The van der Waals surface area contributed by atoms with Gasteiger partial charge >= 0.3 is 0 Å². The number of rotatable bonds is 0. The highest BCUT2D eigenvalue weighted by Crippen LogP contribution is 2.20. The minimum absolute atomic E-state index is 0.0983. The van der Waals surface area contributed by atoms with Crippen molar-refractivity contribution in [3.05, 3.63) is 48.5 Å². The third kappa shape index (κ3) is 2.43. The average molecular weight is 201 g/mol. The molecule has 1 aliphatic rings. The minimum Gasteiger partial charge on any atom is -0.351 e. The highest BCUT2D eigenvalue weighted by atomic mass is 16.1. The van der Waals surface area contributed by atoms with Gasteiger partial charge in [0.25, 0.3) is 0 Å². The molecule has 0 fully saturated rings. The predicted octanol–water partition coefficient (Wildman–Crippen LogP) is 1.59. The van der Waals surface area contributed by atoms with E-state index in [9.17, 15) is 4.79 Å². The number of nitrogens with zero attached hydrogens (tertiary/aromatic N) is 1. The number of benzene rings is 1. The van der Waals surface area contributed by atoms with Crippen LogP contribution in [0.3, 0.4) is 0 Å². The van der Waals surface area contributed by atoms with Crippen LogP contribution in [0.1, 0.15) is 5.56 Å². The molecule has 2 N–H and O–H groups in total. The second-order valence-electron chi connectivity index (χ2n) is 3.14. The van der Waals surface area contributed by atoms with Crippen LogP contribution in [0.25, 0.3) is 0 Å². The highest BCUT2D eigenvalue weighted by molar-refractivity contribution is 5.98. The molecule has 4 nitrogen and oxygen atoms in total. The summed E-state index contributed by atoms with van der Waals surface area (Å²) in [6.07, 6.45) is 5.62. The van der Waals surface area contributed by atoms with Gasteiger partial charge in [-0.3, -0.25) is 4.79 Å². The topological polar surface area (TPSA) is 57.8 Å². The first-order valence-electron chi connectivity index (χ1n) is 4.67. The van der Waals surface area contributed by atoms with Gasteiger partial charge in [0.2, 0.25) is 5.91 Å². The summed E-state index contributed by atoms with van der Waals surface area (Å²) in [7, 11) is 0. The summed E-state index contributed by atoms with van der Waals surface area (Å²) >= 11 is 0. The van der Waals surface area contributed by atoms with Crippen LogP contribution in [0.4, 0.5) is 5.69 Å². The number of imidazole rings is 1. The zero-order valence-electron chi connectivity index (χ0n) is 8.10. The molecule has 76 valence electrons. The quantitative estimate of drug-likeness (QED) is 0.680. The number of fused-ring (bicyclic) bond motifs is 1. The van der Waals surface area contributed by atoms with E-state index in [1.54, 1.807) is 18.7 Å². The largest absolute Gasteiger partial charge is 0.351 e. The zero-order chi connectivity index (χ0) is 10.5. The highest BCUT2D eigenvalue weighted by Gasteiger charge is 2.15. The maximum atomic E-state index is 10.8. The van der Waals surface area contributed by atoms with E-state index in [0.717, 1.165) is 11.3 Å². The van der Waals surface area contributed by atoms with E-state index in [1.807, 2.05) is 24.3 Å². The van der Waals surface area contributed by atoms with Crippen molar-refractivity contribution in [2.45, 2.75) is 6.42 Å². The van der Waals surface area contributed by atoms with Crippen molar-refractivity contribution in [2.75, 3.05) is 5.32 Å². The molecular formula is C11H11N3O. The number of nitrogens with one attached hydrogen (secondary N) is 2. The van der Waals surface area contributed by atoms with Gasteiger partial charge in [0.1, 0.15) is 0 Å². The Balaban J connectivity index is 0.000000144. The number of H-pyrrole nitrogens is 1. The molecule has 1 amide bonds. The smallest absolute Gasteiger partial charge is 0.228 e. The van der Waals surface area contributed by atoms with Crippen LogP contribution in [-0.4, -0.2) is 15.9 Å². The number of anilines is 1. The molecule has 0 atom stereocenters. The molecule has 0 spiro atoms. The van der Waals surface area contributed by atoms with E-state index in [2.05, 4.69) is 15.3 Å². The van der Waals surface area contributed by atoms with E-state index < -0.39 is 0 Å². The fraction of sp³-hybridized carbons (Fsp3) is 0.0909. The van der Waals surface area contributed by atoms with Crippen molar-refractivity contribution in [3.63, 3.8) is 0 Å². The summed E-state index contributed by atoms with van der Waals surface area (Å²) < 4.78 is 0. The Morgan fingerprint density at radius 2 is 2.13 bits per heavy atom. The van der Waals surface area contributed by atoms with Gasteiger partial charge in [-0.05, 0) is 11.6 Å². The number of hydrogen-bond acceptors (Lipinski definition) is 2. The SMILES string of the molecule is O=C1Cc2ccccc2N1.c1c[nH]cn1. The van der Waals surface area contributed by atoms with E-state index in [0.29, 0.717) is 6.42 Å². The fourth-order valence-corrected chi connectivity index (χ4v) is 1.38. The van der Waals surface area contributed by atoms with E-state index in [4.69, 9.17) is 0 Å². The molecule has 0 unspecified atom stereocenters. The van der Waals surface area contributed by atoms with Crippen molar-refractivity contribution in [1.82, 2.24) is 9.97 Å². The van der Waals surface area contributed by atoms with Crippen molar-refractivity contribution in [3.8, 4) is 0 Å². The van der Waals surface area contributed by atoms with Crippen LogP contribution in [0.15, 0.2) is 43.0 Å². The Labute approximate surface area is 87.4 Å². The summed E-state index contributed by atoms with van der Waals surface area (Å²) in [5.74, 6) is 0.0983. The Hall–Kier alpha value is -2.10. The van der Waals surface area contributed by atoms with Gasteiger partial charge in [-0.2, -0.15) is 0 Å². The maximum Gasteiger partial charge on any atom is 0.228 e. The lowest BCUT2D eigenvalue weighted by Crippen LogP contribution is -2.03. The molecule has 0 saturated carbocycles. The van der Waals surface area contributed by atoms with Crippen LogP contribution in [0.2, 0.25) is 0 Å². The van der Waals surface area contributed by atoms with Gasteiger partial charge < -0.3 is 10.3 Å². The number of aromatic nitrogens is 2. The van der Waals surface area contributed by atoms with Gasteiger partial charge in [0.05, 0.1) is 12.7 Å². The van der Waals surface area contributed by atoms with Gasteiger partial charge in [0, 0.05) is 18.1 Å². The summed E-state index contributed by atoms with van der Waals surface area (Å²) in [6.45, 7) is 0. The molecule has 1 aromatic carbocycles. The van der Waals surface area contributed by atoms with Crippen molar-refractivity contribution >= 4 is 11.6 Å². The summed E-state index contributed by atoms with van der Waals surface area (Å²) in [4.78, 5) is 17.2. The standard InChI is InChI=1S/C8H7NO.C3H4N2/c10-8-5-6-3-1-2-4-7(6)9-8;1-2-5-3-4-1/h1-4H,5H2,(H,9,10);1-3H,(H,4,5). The number of hydrogen-bond donors (Lipinski definition) is 2. The molecule has 2 aromatic rings. The second kappa shape index (κ2) is 4.41. The first-order valence-corrected chi connectivity index (χ1v) is 4.67. The normalized spacial score (nSPS) is 12.4. The molecule has 3 rings (SSSR count). The summed E-state index contributed by atoms with van der Waals surface area (Å²) in [6, 6.07) is 7.75.